The minimum atomic E-state index is -0.0648. The van der Waals surface area contributed by atoms with E-state index in [0.717, 1.165) is 54.6 Å². The number of aromatic nitrogens is 1. The number of hydrogen-bond donors (Lipinski definition) is 1. The van der Waals surface area contributed by atoms with Gasteiger partial charge in [-0.2, -0.15) is 0 Å². The predicted octanol–water partition coefficient (Wildman–Crippen LogP) is 2.73. The van der Waals surface area contributed by atoms with Gasteiger partial charge < -0.3 is 23.5 Å². The quantitative estimate of drug-likeness (QED) is 0.595. The molecule has 1 N–H and O–H groups in total. The van der Waals surface area contributed by atoms with Crippen LogP contribution in [0.2, 0.25) is 0 Å². The van der Waals surface area contributed by atoms with Crippen molar-refractivity contribution in [2.75, 3.05) is 38.2 Å². The van der Waals surface area contributed by atoms with Crippen molar-refractivity contribution in [1.29, 1.82) is 0 Å². The fourth-order valence-electron chi connectivity index (χ4n) is 4.56. The number of quaternary nitrogens is 1. The molecule has 3 aromatic rings. The lowest BCUT2D eigenvalue weighted by molar-refractivity contribution is -0.914. The summed E-state index contributed by atoms with van der Waals surface area (Å²) in [5.41, 5.74) is 4.11. The standard InChI is InChI=1S/C25H31N3O3/c1-18-15-24(19(2)28(18)17-23-9-6-14-31-23)25(29)20(3)26-10-12-27(13-11-26)21-7-5-8-22(16-21)30-4/h5-9,14-16,20H,10-13,17H2,1-4H3/p+1/t20-/m1/s1. The van der Waals surface area contributed by atoms with Gasteiger partial charge in [-0.25, -0.2) is 0 Å². The summed E-state index contributed by atoms with van der Waals surface area (Å²) in [6.45, 7) is 10.5. The molecule has 0 amide bonds. The number of anilines is 1. The number of ketones is 1. The van der Waals surface area contributed by atoms with Gasteiger partial charge in [-0.3, -0.25) is 4.79 Å². The summed E-state index contributed by atoms with van der Waals surface area (Å²) >= 11 is 0. The normalized spacial score (nSPS) is 15.8. The molecule has 0 saturated carbocycles. The van der Waals surface area contributed by atoms with Gasteiger partial charge in [0.2, 0.25) is 5.78 Å². The Morgan fingerprint density at radius 2 is 1.94 bits per heavy atom. The van der Waals surface area contributed by atoms with Crippen molar-refractivity contribution < 1.29 is 18.8 Å². The topological polar surface area (TPSA) is 52.1 Å². The minimum Gasteiger partial charge on any atom is -0.497 e. The van der Waals surface area contributed by atoms with Crippen molar-refractivity contribution in [3.8, 4) is 5.75 Å². The molecular formula is C25H32N3O3+. The molecule has 1 saturated heterocycles. The maximum Gasteiger partial charge on any atom is 0.221 e. The average Bonchev–Trinajstić information content (AvgIpc) is 3.42. The predicted molar refractivity (Wildman–Crippen MR) is 121 cm³/mol. The van der Waals surface area contributed by atoms with Crippen molar-refractivity contribution in [2.24, 2.45) is 0 Å². The lowest BCUT2D eigenvalue weighted by Crippen LogP contribution is -3.18. The van der Waals surface area contributed by atoms with E-state index in [1.165, 1.54) is 10.6 Å². The van der Waals surface area contributed by atoms with Crippen LogP contribution in [0.4, 0.5) is 5.69 Å². The number of rotatable bonds is 7. The molecular weight excluding hydrogens is 390 g/mol. The summed E-state index contributed by atoms with van der Waals surface area (Å²) in [4.78, 5) is 17.1. The van der Waals surface area contributed by atoms with Gasteiger partial charge in [0, 0.05) is 28.7 Å². The molecule has 0 unspecified atom stereocenters. The number of methoxy groups -OCH3 is 1. The van der Waals surface area contributed by atoms with Crippen LogP contribution in [0.5, 0.6) is 5.75 Å². The number of carbonyl (C=O) groups excluding carboxylic acids is 1. The lowest BCUT2D eigenvalue weighted by Gasteiger charge is -2.36. The van der Waals surface area contributed by atoms with Crippen molar-refractivity contribution in [3.05, 3.63) is 71.4 Å². The highest BCUT2D eigenvalue weighted by Crippen LogP contribution is 2.21. The third-order valence-corrected chi connectivity index (χ3v) is 6.56. The molecule has 1 aromatic carbocycles. The second-order valence-corrected chi connectivity index (χ2v) is 8.38. The molecule has 1 aliphatic rings. The molecule has 0 bridgehead atoms. The summed E-state index contributed by atoms with van der Waals surface area (Å²) in [5, 5.41) is 0. The van der Waals surface area contributed by atoms with E-state index in [4.69, 9.17) is 9.15 Å². The molecule has 4 rings (SSSR count). The Hall–Kier alpha value is -2.99. The zero-order valence-corrected chi connectivity index (χ0v) is 18.9. The number of aryl methyl sites for hydroxylation is 1. The number of ether oxygens (including phenoxy) is 1. The summed E-state index contributed by atoms with van der Waals surface area (Å²) in [6.07, 6.45) is 1.69. The maximum atomic E-state index is 13.4. The molecule has 6 nitrogen and oxygen atoms in total. The monoisotopic (exact) mass is 422 g/mol. The fraction of sp³-hybridized carbons (Fsp3) is 0.400. The van der Waals surface area contributed by atoms with Crippen LogP contribution in [-0.4, -0.2) is 49.7 Å². The second kappa shape index (κ2) is 9.02. The van der Waals surface area contributed by atoms with Gasteiger partial charge in [0.15, 0.2) is 0 Å². The smallest absolute Gasteiger partial charge is 0.221 e. The van der Waals surface area contributed by atoms with E-state index in [9.17, 15) is 4.79 Å². The number of nitrogens with zero attached hydrogens (tertiary/aromatic N) is 2. The third kappa shape index (κ3) is 4.39. The summed E-state index contributed by atoms with van der Waals surface area (Å²) in [6, 6.07) is 14.0. The lowest BCUT2D eigenvalue weighted by atomic mass is 10.0. The van der Waals surface area contributed by atoms with Gasteiger partial charge in [0.1, 0.15) is 17.6 Å². The van der Waals surface area contributed by atoms with Crippen LogP contribution in [0.3, 0.4) is 0 Å². The number of carbonyl (C=O) groups is 1. The molecule has 31 heavy (non-hydrogen) atoms. The van der Waals surface area contributed by atoms with Crippen LogP contribution in [0.1, 0.15) is 34.4 Å². The molecule has 1 atom stereocenters. The highest BCUT2D eigenvalue weighted by Gasteiger charge is 2.31. The zero-order chi connectivity index (χ0) is 22.0. The first-order valence-corrected chi connectivity index (χ1v) is 10.9. The summed E-state index contributed by atoms with van der Waals surface area (Å²) < 4.78 is 13.0. The van der Waals surface area contributed by atoms with Gasteiger partial charge in [-0.15, -0.1) is 0 Å². The molecule has 6 heteroatoms. The number of furan rings is 1. The minimum absolute atomic E-state index is 0.0648. The Balaban J connectivity index is 1.42. The molecule has 3 heterocycles. The van der Waals surface area contributed by atoms with Crippen molar-refractivity contribution in [3.63, 3.8) is 0 Å². The Labute approximate surface area is 184 Å². The van der Waals surface area contributed by atoms with E-state index in [1.807, 2.05) is 37.3 Å². The molecule has 2 aromatic heterocycles. The van der Waals surface area contributed by atoms with E-state index < -0.39 is 0 Å². The van der Waals surface area contributed by atoms with Crippen LogP contribution in [0.15, 0.2) is 53.1 Å². The van der Waals surface area contributed by atoms with E-state index >= 15 is 0 Å². The van der Waals surface area contributed by atoms with E-state index in [-0.39, 0.29) is 11.8 Å². The number of hydrogen-bond acceptors (Lipinski definition) is 4. The van der Waals surface area contributed by atoms with Crippen molar-refractivity contribution in [1.82, 2.24) is 4.57 Å². The van der Waals surface area contributed by atoms with E-state index in [2.05, 4.69) is 35.4 Å². The molecule has 0 spiro atoms. The largest absolute Gasteiger partial charge is 0.497 e. The molecule has 0 radical (unpaired) electrons. The summed E-state index contributed by atoms with van der Waals surface area (Å²) in [7, 11) is 1.69. The highest BCUT2D eigenvalue weighted by molar-refractivity contribution is 6.00. The van der Waals surface area contributed by atoms with Crippen LogP contribution in [0.25, 0.3) is 0 Å². The summed E-state index contributed by atoms with van der Waals surface area (Å²) in [5.74, 6) is 2.00. The van der Waals surface area contributed by atoms with Gasteiger partial charge in [0.25, 0.3) is 0 Å². The van der Waals surface area contributed by atoms with Crippen LogP contribution in [-0.2, 0) is 6.54 Å². The number of benzene rings is 1. The van der Waals surface area contributed by atoms with Gasteiger partial charge in [-0.05, 0) is 51.1 Å². The third-order valence-electron chi connectivity index (χ3n) is 6.56. The van der Waals surface area contributed by atoms with Gasteiger partial charge >= 0.3 is 0 Å². The molecule has 1 fully saturated rings. The average molecular weight is 423 g/mol. The number of nitrogens with one attached hydrogen (secondary N) is 1. The van der Waals surface area contributed by atoms with Crippen molar-refractivity contribution in [2.45, 2.75) is 33.4 Å². The maximum absolute atomic E-state index is 13.4. The molecule has 1 aliphatic heterocycles. The second-order valence-electron chi connectivity index (χ2n) is 8.38. The molecule has 164 valence electrons. The zero-order valence-electron chi connectivity index (χ0n) is 18.9. The Kier molecular flexibility index (Phi) is 6.18. The SMILES string of the molecule is COc1cccc(N2CC[NH+]([C@H](C)C(=O)c3cc(C)n(Cc4ccco4)c3C)CC2)c1. The van der Waals surface area contributed by atoms with Crippen LogP contribution in [0, 0.1) is 13.8 Å². The first-order chi connectivity index (χ1) is 15.0. The Bertz CT molecular complexity index is 1030. The van der Waals surface area contributed by atoms with Gasteiger partial charge in [-0.1, -0.05) is 6.07 Å². The number of piperazine rings is 1. The highest BCUT2D eigenvalue weighted by atomic mass is 16.5. The number of Topliss-reactive ketones (excluding diaryl/α,β-unsaturated/α-hetero) is 1. The van der Waals surface area contributed by atoms with E-state index in [0.29, 0.717) is 6.54 Å². The Morgan fingerprint density at radius 3 is 2.61 bits per heavy atom. The first kappa shape index (κ1) is 21.2. The first-order valence-electron chi connectivity index (χ1n) is 10.9. The molecule has 0 aliphatic carbocycles. The Morgan fingerprint density at radius 1 is 1.16 bits per heavy atom. The van der Waals surface area contributed by atoms with Crippen molar-refractivity contribution >= 4 is 11.5 Å². The van der Waals surface area contributed by atoms with Gasteiger partial charge in [0.05, 0.1) is 46.1 Å². The van der Waals surface area contributed by atoms with Crippen LogP contribution < -0.4 is 14.5 Å². The van der Waals surface area contributed by atoms with E-state index in [1.54, 1.807) is 13.4 Å². The fourth-order valence-corrected chi connectivity index (χ4v) is 4.56. The van der Waals surface area contributed by atoms with Crippen LogP contribution >= 0.6 is 0 Å².